The van der Waals surface area contributed by atoms with E-state index in [0.29, 0.717) is 0 Å². The second-order valence-electron chi connectivity index (χ2n) is 6.84. The third-order valence-electron chi connectivity index (χ3n) is 5.53. The number of hydrogen-bond donors (Lipinski definition) is 1. The minimum Gasteiger partial charge on any atom is -0.312 e. The van der Waals surface area contributed by atoms with E-state index >= 15 is 0 Å². The lowest BCUT2D eigenvalue weighted by Crippen LogP contribution is -2.43. The van der Waals surface area contributed by atoms with Gasteiger partial charge in [0.05, 0.1) is 0 Å². The minimum atomic E-state index is 0.756. The molecule has 1 N–H and O–H groups in total. The molecule has 108 valence electrons. The smallest absolute Gasteiger partial charge is 0.0253 e. The molecule has 0 aromatic heterocycles. The Hall–Kier alpha value is -0.860. The van der Waals surface area contributed by atoms with Crippen molar-refractivity contribution in [2.45, 2.75) is 63.6 Å². The zero-order valence-corrected chi connectivity index (χ0v) is 12.4. The fraction of sp³-hybridized carbons (Fsp3) is 0.667. The molecule has 2 atom stereocenters. The third-order valence-corrected chi connectivity index (χ3v) is 5.53. The van der Waals surface area contributed by atoms with Crippen molar-refractivity contribution in [3.8, 4) is 0 Å². The van der Waals surface area contributed by atoms with Gasteiger partial charge in [0.2, 0.25) is 0 Å². The highest BCUT2D eigenvalue weighted by molar-refractivity contribution is 5.35. The van der Waals surface area contributed by atoms with Gasteiger partial charge in [-0.1, -0.05) is 18.2 Å². The molecule has 0 radical (unpaired) electrons. The van der Waals surface area contributed by atoms with Crippen molar-refractivity contribution >= 4 is 0 Å². The Labute approximate surface area is 122 Å². The zero-order chi connectivity index (χ0) is 13.4. The van der Waals surface area contributed by atoms with Gasteiger partial charge in [0.1, 0.15) is 0 Å². The molecule has 20 heavy (non-hydrogen) atoms. The number of benzene rings is 1. The lowest BCUT2D eigenvalue weighted by molar-refractivity contribution is 0.206. The van der Waals surface area contributed by atoms with Gasteiger partial charge >= 0.3 is 0 Å². The Morgan fingerprint density at radius 1 is 1.05 bits per heavy atom. The first-order valence-electron chi connectivity index (χ1n) is 8.48. The Balaban J connectivity index is 1.47. The Kier molecular flexibility index (Phi) is 3.53. The van der Waals surface area contributed by atoms with E-state index in [1.54, 1.807) is 11.1 Å². The molecular weight excluding hydrogens is 244 g/mol. The van der Waals surface area contributed by atoms with Crippen molar-refractivity contribution in [1.82, 2.24) is 10.2 Å². The number of hydrogen-bond acceptors (Lipinski definition) is 2. The van der Waals surface area contributed by atoms with E-state index in [1.165, 1.54) is 63.6 Å². The molecule has 3 aliphatic rings. The van der Waals surface area contributed by atoms with Crippen molar-refractivity contribution in [3.05, 3.63) is 34.9 Å². The van der Waals surface area contributed by atoms with Gasteiger partial charge in [-0.05, 0) is 74.7 Å². The Morgan fingerprint density at radius 2 is 2.00 bits per heavy atom. The predicted octanol–water partition coefficient (Wildman–Crippen LogP) is 2.89. The maximum Gasteiger partial charge on any atom is 0.0253 e. The van der Waals surface area contributed by atoms with Crippen molar-refractivity contribution in [3.63, 3.8) is 0 Å². The van der Waals surface area contributed by atoms with Crippen molar-refractivity contribution < 1.29 is 0 Å². The van der Waals surface area contributed by atoms with Crippen molar-refractivity contribution in [2.24, 2.45) is 0 Å². The van der Waals surface area contributed by atoms with E-state index < -0.39 is 0 Å². The highest BCUT2D eigenvalue weighted by atomic mass is 15.2. The normalized spacial score (nSPS) is 30.0. The lowest BCUT2D eigenvalue weighted by atomic mass is 10.0. The van der Waals surface area contributed by atoms with Gasteiger partial charge in [-0.25, -0.2) is 0 Å². The summed E-state index contributed by atoms with van der Waals surface area (Å²) in [4.78, 5) is 2.74. The van der Waals surface area contributed by atoms with Crippen LogP contribution in [0.3, 0.4) is 0 Å². The van der Waals surface area contributed by atoms with E-state index in [9.17, 15) is 0 Å². The Morgan fingerprint density at radius 3 is 2.90 bits per heavy atom. The number of aryl methyl sites for hydroxylation is 2. The Bertz CT molecular complexity index is 476. The second kappa shape index (κ2) is 5.50. The lowest BCUT2D eigenvalue weighted by Gasteiger charge is -2.29. The van der Waals surface area contributed by atoms with Gasteiger partial charge in [-0.15, -0.1) is 0 Å². The van der Waals surface area contributed by atoms with Crippen LogP contribution >= 0.6 is 0 Å². The molecule has 2 aliphatic heterocycles. The van der Waals surface area contributed by atoms with Gasteiger partial charge in [0.15, 0.2) is 0 Å². The highest BCUT2D eigenvalue weighted by Gasteiger charge is 2.33. The summed E-state index contributed by atoms with van der Waals surface area (Å²) in [6, 6.07) is 8.79. The molecule has 0 bridgehead atoms. The molecule has 0 amide bonds. The third kappa shape index (κ3) is 2.40. The molecule has 2 saturated heterocycles. The van der Waals surface area contributed by atoms with Crippen LogP contribution in [-0.2, 0) is 19.4 Å². The highest BCUT2D eigenvalue weighted by Crippen LogP contribution is 2.28. The summed E-state index contributed by atoms with van der Waals surface area (Å²) in [5.74, 6) is 0. The minimum absolute atomic E-state index is 0.756. The standard InChI is InChI=1S/C18H26N2/c1-4-15-9-8-14(12-16(15)5-1)13-20-11-3-7-18(20)17-6-2-10-19-17/h8-9,12,17-19H,1-7,10-11,13H2. The van der Waals surface area contributed by atoms with Crippen LogP contribution in [0, 0.1) is 0 Å². The SMILES string of the molecule is c1cc2c(cc1CN1CCCC1C1CCCN1)CCC2. The van der Waals surface area contributed by atoms with Gasteiger partial charge in [-0.2, -0.15) is 0 Å². The van der Waals surface area contributed by atoms with Crippen LogP contribution < -0.4 is 5.32 Å². The molecule has 1 aliphatic carbocycles. The molecule has 2 fully saturated rings. The summed E-state index contributed by atoms with van der Waals surface area (Å²) in [6.07, 6.45) is 9.48. The first-order chi connectivity index (χ1) is 9.90. The van der Waals surface area contributed by atoms with Crippen LogP contribution in [0.5, 0.6) is 0 Å². The summed E-state index contributed by atoms with van der Waals surface area (Å²) >= 11 is 0. The fourth-order valence-corrected chi connectivity index (χ4v) is 4.50. The molecule has 4 rings (SSSR count). The summed E-state index contributed by atoms with van der Waals surface area (Å²) in [6.45, 7) is 3.68. The first kappa shape index (κ1) is 12.8. The number of fused-ring (bicyclic) bond motifs is 1. The van der Waals surface area contributed by atoms with Crippen LogP contribution in [0.4, 0.5) is 0 Å². The van der Waals surface area contributed by atoms with E-state index in [4.69, 9.17) is 0 Å². The van der Waals surface area contributed by atoms with E-state index in [2.05, 4.69) is 28.4 Å². The molecule has 2 unspecified atom stereocenters. The van der Waals surface area contributed by atoms with Gasteiger partial charge in [0, 0.05) is 18.6 Å². The number of likely N-dealkylation sites (tertiary alicyclic amines) is 1. The van der Waals surface area contributed by atoms with Crippen LogP contribution in [0.15, 0.2) is 18.2 Å². The molecule has 1 aromatic rings. The number of nitrogens with zero attached hydrogens (tertiary/aromatic N) is 1. The van der Waals surface area contributed by atoms with Crippen LogP contribution in [0.2, 0.25) is 0 Å². The van der Waals surface area contributed by atoms with E-state index in [0.717, 1.165) is 18.6 Å². The number of rotatable bonds is 3. The zero-order valence-electron chi connectivity index (χ0n) is 12.4. The summed E-state index contributed by atoms with van der Waals surface area (Å²) in [5, 5.41) is 3.71. The maximum absolute atomic E-state index is 3.71. The monoisotopic (exact) mass is 270 g/mol. The summed E-state index contributed by atoms with van der Waals surface area (Å²) in [7, 11) is 0. The average Bonchev–Trinajstić information content (AvgIpc) is 3.19. The van der Waals surface area contributed by atoms with Crippen LogP contribution in [-0.4, -0.2) is 30.1 Å². The van der Waals surface area contributed by atoms with Crippen LogP contribution in [0.1, 0.15) is 48.8 Å². The van der Waals surface area contributed by atoms with Crippen molar-refractivity contribution in [1.29, 1.82) is 0 Å². The van der Waals surface area contributed by atoms with Gasteiger partial charge in [0.25, 0.3) is 0 Å². The first-order valence-corrected chi connectivity index (χ1v) is 8.48. The van der Waals surface area contributed by atoms with Gasteiger partial charge < -0.3 is 5.32 Å². The topological polar surface area (TPSA) is 15.3 Å². The quantitative estimate of drug-likeness (QED) is 0.908. The van der Waals surface area contributed by atoms with E-state index in [1.807, 2.05) is 0 Å². The summed E-state index contributed by atoms with van der Waals surface area (Å²) in [5.41, 5.74) is 4.76. The molecule has 2 heteroatoms. The van der Waals surface area contributed by atoms with E-state index in [-0.39, 0.29) is 0 Å². The van der Waals surface area contributed by atoms with Crippen LogP contribution in [0.25, 0.3) is 0 Å². The number of nitrogens with one attached hydrogen (secondary N) is 1. The molecule has 2 heterocycles. The second-order valence-corrected chi connectivity index (χ2v) is 6.84. The predicted molar refractivity (Wildman–Crippen MR) is 82.9 cm³/mol. The van der Waals surface area contributed by atoms with Gasteiger partial charge in [-0.3, -0.25) is 4.90 Å². The van der Waals surface area contributed by atoms with Crippen molar-refractivity contribution in [2.75, 3.05) is 13.1 Å². The molecule has 2 nitrogen and oxygen atoms in total. The fourth-order valence-electron chi connectivity index (χ4n) is 4.50. The summed E-state index contributed by atoms with van der Waals surface area (Å²) < 4.78 is 0. The average molecular weight is 270 g/mol. The molecule has 0 spiro atoms. The molecule has 0 saturated carbocycles. The molecular formula is C18H26N2. The maximum atomic E-state index is 3.71. The largest absolute Gasteiger partial charge is 0.312 e. The molecule has 1 aromatic carbocycles.